The number of aryl methyl sites for hydroxylation is 1. The van der Waals surface area contributed by atoms with Crippen LogP contribution >= 0.6 is 11.3 Å². The van der Waals surface area contributed by atoms with Gasteiger partial charge in [-0.05, 0) is 4.92 Å². The number of fused-ring (bicyclic) bond motifs is 1. The lowest BCUT2D eigenvalue weighted by Gasteiger charge is -1.98. The van der Waals surface area contributed by atoms with Gasteiger partial charge < -0.3 is 14.9 Å². The molecule has 0 atom stereocenters. The summed E-state index contributed by atoms with van der Waals surface area (Å²) < 4.78 is 8.31. The van der Waals surface area contributed by atoms with Crippen molar-refractivity contribution in [2.24, 2.45) is 7.05 Å². The summed E-state index contributed by atoms with van der Waals surface area (Å²) in [6, 6.07) is 0. The van der Waals surface area contributed by atoms with Crippen LogP contribution in [-0.2, 0) is 7.05 Å². The maximum atomic E-state index is 11.0. The van der Waals surface area contributed by atoms with E-state index in [9.17, 15) is 10.1 Å². The van der Waals surface area contributed by atoms with E-state index in [2.05, 4.69) is 10.1 Å². The number of thiazole rings is 1. The Morgan fingerprint density at radius 3 is 3.06 bits per heavy atom. The summed E-state index contributed by atoms with van der Waals surface area (Å²) >= 11 is 1.30. The molecule has 0 aliphatic rings. The van der Waals surface area contributed by atoms with Crippen molar-refractivity contribution in [3.8, 4) is 11.6 Å². The summed E-state index contributed by atoms with van der Waals surface area (Å²) in [6.45, 7) is 0. The molecular formula is C9H7N5O3S. The van der Waals surface area contributed by atoms with Crippen molar-refractivity contribution in [3.63, 3.8) is 0 Å². The second-order valence-electron chi connectivity index (χ2n) is 3.51. The predicted molar refractivity (Wildman–Crippen MR) is 63.0 cm³/mol. The molecule has 0 N–H and O–H groups in total. The first-order valence-electron chi connectivity index (χ1n) is 4.91. The van der Waals surface area contributed by atoms with Gasteiger partial charge in [-0.2, -0.15) is 14.5 Å². The number of nitrogens with zero attached hydrogens (tertiary/aromatic N) is 5. The van der Waals surface area contributed by atoms with Gasteiger partial charge >= 0.3 is 11.7 Å². The topological polar surface area (TPSA) is 87.5 Å². The van der Waals surface area contributed by atoms with E-state index in [1.807, 2.05) is 0 Å². The highest BCUT2D eigenvalue weighted by Crippen LogP contribution is 2.32. The fraction of sp³-hybridized carbons (Fsp3) is 0.111. The summed E-state index contributed by atoms with van der Waals surface area (Å²) in [5, 5.41) is 16.7. The van der Waals surface area contributed by atoms with E-state index in [4.69, 9.17) is 4.74 Å². The van der Waals surface area contributed by atoms with Crippen LogP contribution in [0.5, 0.6) is 11.6 Å². The highest BCUT2D eigenvalue weighted by molar-refractivity contribution is 7.15. The number of hydrogen-bond donors (Lipinski definition) is 0. The van der Waals surface area contributed by atoms with Crippen molar-refractivity contribution >= 4 is 22.1 Å². The van der Waals surface area contributed by atoms with E-state index >= 15 is 0 Å². The quantitative estimate of drug-likeness (QED) is 0.532. The molecule has 3 aromatic heterocycles. The minimum absolute atomic E-state index is 0.0279. The van der Waals surface area contributed by atoms with Crippen LogP contribution in [0.3, 0.4) is 0 Å². The lowest BCUT2D eigenvalue weighted by Crippen LogP contribution is -1.94. The number of ether oxygens (including phenoxy) is 1. The third-order valence-corrected chi connectivity index (χ3v) is 3.03. The van der Waals surface area contributed by atoms with Crippen LogP contribution in [0.4, 0.5) is 5.82 Å². The number of imidazole rings is 1. The Hall–Kier alpha value is -2.42. The van der Waals surface area contributed by atoms with E-state index < -0.39 is 4.92 Å². The van der Waals surface area contributed by atoms with Gasteiger partial charge in [0.2, 0.25) is 0 Å². The van der Waals surface area contributed by atoms with Crippen LogP contribution in [-0.4, -0.2) is 24.1 Å². The third-order valence-electron chi connectivity index (χ3n) is 2.27. The highest BCUT2D eigenvalue weighted by Gasteiger charge is 2.25. The minimum atomic E-state index is -0.515. The molecule has 0 aliphatic heterocycles. The average molecular weight is 265 g/mol. The molecule has 0 saturated carbocycles. The smallest absolute Gasteiger partial charge is 0.393 e. The van der Waals surface area contributed by atoms with Gasteiger partial charge in [-0.3, -0.25) is 4.68 Å². The molecule has 0 aliphatic carbocycles. The van der Waals surface area contributed by atoms with Gasteiger partial charge in [-0.25, -0.2) is 0 Å². The highest BCUT2D eigenvalue weighted by atomic mass is 32.1. The molecule has 3 aromatic rings. The summed E-state index contributed by atoms with van der Waals surface area (Å²) in [6.07, 6.45) is 4.66. The number of hydrogen-bond acceptors (Lipinski definition) is 6. The number of aromatic nitrogens is 4. The normalized spacial score (nSPS) is 10.9. The van der Waals surface area contributed by atoms with Gasteiger partial charge in [0.15, 0.2) is 5.75 Å². The molecule has 0 unspecified atom stereocenters. The zero-order valence-electron chi connectivity index (χ0n) is 9.18. The molecule has 92 valence electrons. The van der Waals surface area contributed by atoms with Gasteiger partial charge in [0.05, 0.1) is 12.4 Å². The SMILES string of the molecule is Cn1cc(Oc2nc3sccn3c2[N+](=O)[O-])cn1. The molecule has 0 aromatic carbocycles. The fourth-order valence-corrected chi connectivity index (χ4v) is 2.25. The zero-order chi connectivity index (χ0) is 12.7. The molecule has 0 saturated heterocycles. The number of nitro groups is 1. The van der Waals surface area contributed by atoms with E-state index in [1.54, 1.807) is 29.5 Å². The first kappa shape index (κ1) is 10.7. The molecule has 8 nitrogen and oxygen atoms in total. The molecular weight excluding hydrogens is 258 g/mol. The van der Waals surface area contributed by atoms with Crippen LogP contribution in [0.15, 0.2) is 24.0 Å². The molecule has 9 heteroatoms. The van der Waals surface area contributed by atoms with Crippen LogP contribution < -0.4 is 4.74 Å². The van der Waals surface area contributed by atoms with Crippen molar-refractivity contribution in [2.75, 3.05) is 0 Å². The second-order valence-corrected chi connectivity index (χ2v) is 4.38. The molecule has 18 heavy (non-hydrogen) atoms. The summed E-state index contributed by atoms with van der Waals surface area (Å²) in [4.78, 5) is 15.1. The van der Waals surface area contributed by atoms with Crippen LogP contribution in [0.1, 0.15) is 0 Å². The largest absolute Gasteiger partial charge is 0.429 e. The Morgan fingerprint density at radius 2 is 2.39 bits per heavy atom. The fourth-order valence-electron chi connectivity index (χ4n) is 1.55. The van der Waals surface area contributed by atoms with Crippen LogP contribution in [0, 0.1) is 10.1 Å². The lowest BCUT2D eigenvalue weighted by molar-refractivity contribution is -0.391. The van der Waals surface area contributed by atoms with Gasteiger partial charge in [0.1, 0.15) is 6.20 Å². The van der Waals surface area contributed by atoms with E-state index in [-0.39, 0.29) is 11.7 Å². The Morgan fingerprint density at radius 1 is 1.56 bits per heavy atom. The molecule has 0 radical (unpaired) electrons. The second kappa shape index (κ2) is 3.81. The molecule has 3 heterocycles. The monoisotopic (exact) mass is 265 g/mol. The summed E-state index contributed by atoms with van der Waals surface area (Å²) in [5.41, 5.74) is 0. The van der Waals surface area contributed by atoms with Gasteiger partial charge in [0, 0.05) is 12.4 Å². The summed E-state index contributed by atoms with van der Waals surface area (Å²) in [7, 11) is 1.73. The Bertz CT molecular complexity index is 728. The Labute approximate surface area is 104 Å². The first-order chi connectivity index (χ1) is 8.65. The van der Waals surface area contributed by atoms with E-state index in [1.165, 1.54) is 21.9 Å². The van der Waals surface area contributed by atoms with Crippen LogP contribution in [0.25, 0.3) is 4.96 Å². The maximum Gasteiger partial charge on any atom is 0.393 e. The van der Waals surface area contributed by atoms with Crippen molar-refractivity contribution in [1.82, 2.24) is 19.2 Å². The summed E-state index contributed by atoms with van der Waals surface area (Å²) in [5.74, 6) is 0.196. The Balaban J connectivity index is 2.08. The van der Waals surface area contributed by atoms with Gasteiger partial charge in [0.25, 0.3) is 4.96 Å². The standard InChI is InChI=1S/C9H7N5O3S/c1-12-5-6(4-10-12)17-7-8(14(15)16)13-2-3-18-9(13)11-7/h2-5H,1H3. The molecule has 0 fully saturated rings. The first-order valence-corrected chi connectivity index (χ1v) is 5.79. The lowest BCUT2D eigenvalue weighted by atomic mass is 10.6. The Kier molecular flexibility index (Phi) is 2.27. The molecule has 0 bridgehead atoms. The maximum absolute atomic E-state index is 11.0. The minimum Gasteiger partial charge on any atom is -0.429 e. The molecule has 0 spiro atoms. The van der Waals surface area contributed by atoms with Crippen molar-refractivity contribution < 1.29 is 9.66 Å². The average Bonchev–Trinajstić information content (AvgIpc) is 2.93. The van der Waals surface area contributed by atoms with Crippen molar-refractivity contribution in [2.45, 2.75) is 0 Å². The molecule has 0 amide bonds. The predicted octanol–water partition coefficient (Wildman–Crippen LogP) is 1.83. The van der Waals surface area contributed by atoms with E-state index in [0.717, 1.165) is 0 Å². The molecule has 3 rings (SSSR count). The zero-order valence-corrected chi connectivity index (χ0v) is 9.99. The number of rotatable bonds is 3. The van der Waals surface area contributed by atoms with Crippen LogP contribution in [0.2, 0.25) is 0 Å². The van der Waals surface area contributed by atoms with Gasteiger partial charge in [-0.1, -0.05) is 11.3 Å². The van der Waals surface area contributed by atoms with E-state index in [0.29, 0.717) is 10.7 Å². The van der Waals surface area contributed by atoms with Crippen molar-refractivity contribution in [3.05, 3.63) is 34.1 Å². The third kappa shape index (κ3) is 1.61. The van der Waals surface area contributed by atoms with Gasteiger partial charge in [-0.15, -0.1) is 0 Å². The van der Waals surface area contributed by atoms with Crippen molar-refractivity contribution in [1.29, 1.82) is 0 Å².